The Labute approximate surface area is 130 Å². The minimum Gasteiger partial charge on any atom is -0.545 e. The number of para-hydroxylation sites is 2. The van der Waals surface area contributed by atoms with Crippen LogP contribution in [-0.4, -0.2) is 23.9 Å². The summed E-state index contributed by atoms with van der Waals surface area (Å²) in [7, 11) is 1.42. The van der Waals surface area contributed by atoms with Crippen LogP contribution in [0.2, 0.25) is 0 Å². The molecule has 0 aliphatic rings. The Kier molecular flexibility index (Phi) is 4.55. The van der Waals surface area contributed by atoms with E-state index in [1.807, 2.05) is 0 Å². The Bertz CT molecular complexity index is 787. The minimum absolute atomic E-state index is 0.249. The number of carboxylic acid groups (broad SMARTS) is 1. The number of hydrogen-bond donors (Lipinski definition) is 1. The first-order chi connectivity index (χ1) is 10.9. The number of nitrogens with zero attached hydrogens (tertiary/aromatic N) is 1. The average molecular weight is 315 g/mol. The zero-order valence-corrected chi connectivity index (χ0v) is 11.9. The van der Waals surface area contributed by atoms with Crippen molar-refractivity contribution in [2.75, 3.05) is 12.4 Å². The van der Waals surface area contributed by atoms with Crippen LogP contribution in [0.4, 0.5) is 11.4 Å². The molecule has 2 aromatic carbocycles. The molecule has 0 aromatic heterocycles. The summed E-state index contributed by atoms with van der Waals surface area (Å²) in [5.41, 5.74) is -0.922. The Morgan fingerprint density at radius 3 is 2.43 bits per heavy atom. The maximum absolute atomic E-state index is 12.3. The minimum atomic E-state index is -1.68. The van der Waals surface area contributed by atoms with Gasteiger partial charge in [0.2, 0.25) is 0 Å². The fourth-order valence-corrected chi connectivity index (χ4v) is 1.95. The van der Waals surface area contributed by atoms with Crippen molar-refractivity contribution in [2.45, 2.75) is 0 Å². The molecule has 0 aliphatic heterocycles. The van der Waals surface area contributed by atoms with Gasteiger partial charge in [0, 0.05) is 23.3 Å². The highest BCUT2D eigenvalue weighted by Gasteiger charge is 2.18. The molecule has 2 rings (SSSR count). The number of ether oxygens (including phenoxy) is 1. The molecule has 0 saturated heterocycles. The van der Waals surface area contributed by atoms with Crippen molar-refractivity contribution < 1.29 is 24.4 Å². The van der Waals surface area contributed by atoms with Gasteiger partial charge in [0.25, 0.3) is 11.6 Å². The van der Waals surface area contributed by atoms with Gasteiger partial charge < -0.3 is 20.0 Å². The summed E-state index contributed by atoms with van der Waals surface area (Å²) in [4.78, 5) is 33.4. The topological polar surface area (TPSA) is 122 Å². The Hall–Kier alpha value is -3.42. The first-order valence-corrected chi connectivity index (χ1v) is 6.38. The molecule has 0 fully saturated rings. The van der Waals surface area contributed by atoms with E-state index in [0.717, 1.165) is 18.2 Å². The molecule has 0 aliphatic carbocycles. The van der Waals surface area contributed by atoms with E-state index < -0.39 is 28.1 Å². The Morgan fingerprint density at radius 2 is 1.83 bits per heavy atom. The van der Waals surface area contributed by atoms with Gasteiger partial charge in [-0.1, -0.05) is 12.1 Å². The average Bonchev–Trinajstić information content (AvgIpc) is 2.54. The molecular weight excluding hydrogens is 304 g/mol. The van der Waals surface area contributed by atoms with Crippen LogP contribution in [0.1, 0.15) is 20.7 Å². The number of amides is 1. The van der Waals surface area contributed by atoms with Crippen LogP contribution in [-0.2, 0) is 0 Å². The van der Waals surface area contributed by atoms with Crippen molar-refractivity contribution in [1.29, 1.82) is 0 Å². The number of nitro benzene ring substituents is 1. The number of aromatic carboxylic acids is 1. The second-order valence-corrected chi connectivity index (χ2v) is 4.43. The van der Waals surface area contributed by atoms with Gasteiger partial charge in [0.15, 0.2) is 0 Å². The molecule has 118 valence electrons. The summed E-state index contributed by atoms with van der Waals surface area (Å²) in [5.74, 6) is -2.04. The van der Waals surface area contributed by atoms with Gasteiger partial charge in [-0.05, 0) is 18.2 Å². The fraction of sp³-hybridized carbons (Fsp3) is 0.0667. The SMILES string of the molecule is COc1ccccc1NC(=O)c1ccc([N+](=O)[O-])cc1C(=O)[O-]. The predicted molar refractivity (Wildman–Crippen MR) is 78.4 cm³/mol. The molecular formula is C15H11N2O6-. The van der Waals surface area contributed by atoms with E-state index >= 15 is 0 Å². The lowest BCUT2D eigenvalue weighted by molar-refractivity contribution is -0.385. The maximum atomic E-state index is 12.3. The van der Waals surface area contributed by atoms with Gasteiger partial charge in [0.1, 0.15) is 5.75 Å². The summed E-state index contributed by atoms with van der Waals surface area (Å²) in [5, 5.41) is 24.3. The predicted octanol–water partition coefficient (Wildman–Crippen LogP) is 1.22. The van der Waals surface area contributed by atoms with Crippen LogP contribution in [0.3, 0.4) is 0 Å². The number of carbonyl (C=O) groups excluding carboxylic acids is 2. The van der Waals surface area contributed by atoms with Crippen molar-refractivity contribution >= 4 is 23.3 Å². The third-order valence-corrected chi connectivity index (χ3v) is 3.03. The van der Waals surface area contributed by atoms with Crippen molar-refractivity contribution in [3.63, 3.8) is 0 Å². The summed E-state index contributed by atoms with van der Waals surface area (Å²) >= 11 is 0. The third-order valence-electron chi connectivity index (χ3n) is 3.03. The molecule has 0 heterocycles. The van der Waals surface area contributed by atoms with Crippen molar-refractivity contribution in [3.8, 4) is 5.75 Å². The quantitative estimate of drug-likeness (QED) is 0.654. The van der Waals surface area contributed by atoms with Crippen LogP contribution in [0, 0.1) is 10.1 Å². The van der Waals surface area contributed by atoms with Crippen molar-refractivity contribution in [2.24, 2.45) is 0 Å². The number of methoxy groups -OCH3 is 1. The van der Waals surface area contributed by atoms with Gasteiger partial charge in [0.05, 0.1) is 23.7 Å². The number of hydrogen-bond acceptors (Lipinski definition) is 6. The zero-order valence-electron chi connectivity index (χ0n) is 11.9. The van der Waals surface area contributed by atoms with Crippen LogP contribution in [0.25, 0.3) is 0 Å². The van der Waals surface area contributed by atoms with E-state index in [-0.39, 0.29) is 5.56 Å². The van der Waals surface area contributed by atoms with E-state index in [1.54, 1.807) is 24.3 Å². The number of carbonyl (C=O) groups is 2. The van der Waals surface area contributed by atoms with Crippen LogP contribution >= 0.6 is 0 Å². The number of anilines is 1. The molecule has 0 unspecified atom stereocenters. The van der Waals surface area contributed by atoms with E-state index in [9.17, 15) is 24.8 Å². The van der Waals surface area contributed by atoms with Gasteiger partial charge in [-0.2, -0.15) is 0 Å². The largest absolute Gasteiger partial charge is 0.545 e. The molecule has 0 saturated carbocycles. The van der Waals surface area contributed by atoms with Gasteiger partial charge in [-0.25, -0.2) is 0 Å². The van der Waals surface area contributed by atoms with Crippen molar-refractivity contribution in [3.05, 3.63) is 63.7 Å². The number of nitrogens with one attached hydrogen (secondary N) is 1. The molecule has 0 radical (unpaired) electrons. The van der Waals surface area contributed by atoms with E-state index in [2.05, 4.69) is 5.32 Å². The summed E-state index contributed by atoms with van der Waals surface area (Å²) < 4.78 is 5.08. The number of non-ortho nitro benzene ring substituents is 1. The van der Waals surface area contributed by atoms with Gasteiger partial charge >= 0.3 is 0 Å². The first kappa shape index (κ1) is 16.0. The molecule has 1 amide bonds. The molecule has 0 spiro atoms. The standard InChI is InChI=1S/C15H12N2O6/c1-23-13-5-3-2-4-12(13)16-14(18)10-7-6-9(17(21)22)8-11(10)15(19)20/h2-8H,1H3,(H,16,18)(H,19,20)/p-1. The first-order valence-electron chi connectivity index (χ1n) is 6.38. The monoisotopic (exact) mass is 315 g/mol. The third kappa shape index (κ3) is 3.43. The molecule has 0 bridgehead atoms. The number of rotatable bonds is 5. The van der Waals surface area contributed by atoms with E-state index in [0.29, 0.717) is 11.4 Å². The van der Waals surface area contributed by atoms with Crippen LogP contribution in [0.15, 0.2) is 42.5 Å². The zero-order chi connectivity index (χ0) is 17.0. The Morgan fingerprint density at radius 1 is 1.13 bits per heavy atom. The van der Waals surface area contributed by atoms with Crippen LogP contribution in [0.5, 0.6) is 5.75 Å². The molecule has 8 heteroatoms. The smallest absolute Gasteiger partial charge is 0.270 e. The van der Waals surface area contributed by atoms with E-state index in [1.165, 1.54) is 7.11 Å². The summed E-state index contributed by atoms with van der Waals surface area (Å²) in [6, 6.07) is 9.44. The molecule has 1 N–H and O–H groups in total. The van der Waals surface area contributed by atoms with E-state index in [4.69, 9.17) is 4.74 Å². The van der Waals surface area contributed by atoms with Gasteiger partial charge in [-0.3, -0.25) is 14.9 Å². The fourth-order valence-electron chi connectivity index (χ4n) is 1.95. The second-order valence-electron chi connectivity index (χ2n) is 4.43. The Balaban J connectivity index is 2.39. The molecule has 8 nitrogen and oxygen atoms in total. The lowest BCUT2D eigenvalue weighted by atomic mass is 10.1. The van der Waals surface area contributed by atoms with Crippen LogP contribution < -0.4 is 15.2 Å². The highest BCUT2D eigenvalue weighted by molar-refractivity contribution is 6.11. The van der Waals surface area contributed by atoms with Gasteiger partial charge in [-0.15, -0.1) is 0 Å². The number of carboxylic acids is 1. The highest BCUT2D eigenvalue weighted by Crippen LogP contribution is 2.25. The summed E-state index contributed by atoms with van der Waals surface area (Å²) in [6.45, 7) is 0. The maximum Gasteiger partial charge on any atom is 0.270 e. The normalized spacial score (nSPS) is 9.96. The number of benzene rings is 2. The lowest BCUT2D eigenvalue weighted by Crippen LogP contribution is -2.26. The molecule has 23 heavy (non-hydrogen) atoms. The summed E-state index contributed by atoms with van der Waals surface area (Å²) in [6.07, 6.45) is 0. The highest BCUT2D eigenvalue weighted by atomic mass is 16.6. The second kappa shape index (κ2) is 6.56. The van der Waals surface area contributed by atoms with Crippen molar-refractivity contribution in [1.82, 2.24) is 0 Å². The molecule has 2 aromatic rings. The number of nitro groups is 1. The molecule has 0 atom stereocenters. The lowest BCUT2D eigenvalue weighted by Gasteiger charge is -2.12.